The van der Waals surface area contributed by atoms with Gasteiger partial charge in [0.25, 0.3) is 0 Å². The van der Waals surface area contributed by atoms with Crippen molar-refractivity contribution in [3.05, 3.63) is 0 Å². The maximum absolute atomic E-state index is 12.5. The van der Waals surface area contributed by atoms with Crippen molar-refractivity contribution in [2.45, 2.75) is 71.4 Å². The van der Waals surface area contributed by atoms with Gasteiger partial charge in [0.2, 0.25) is 0 Å². The minimum atomic E-state index is -0.596. The highest BCUT2D eigenvalue weighted by Gasteiger charge is 2.55. The van der Waals surface area contributed by atoms with E-state index in [0.29, 0.717) is 19.4 Å². The van der Waals surface area contributed by atoms with Crippen molar-refractivity contribution in [1.82, 2.24) is 4.90 Å². The molecule has 5 nitrogen and oxygen atoms in total. The molecule has 1 amide bonds. The molecule has 1 unspecified atom stereocenters. The van der Waals surface area contributed by atoms with E-state index >= 15 is 0 Å². The van der Waals surface area contributed by atoms with Crippen molar-refractivity contribution in [2.75, 3.05) is 6.54 Å². The molecule has 122 valence electrons. The maximum Gasteiger partial charge on any atom is 0.410 e. The number of ether oxygens (including phenoxy) is 1. The molecule has 2 fully saturated rings. The molecule has 0 N–H and O–H groups in total. The van der Waals surface area contributed by atoms with E-state index < -0.39 is 16.9 Å². The van der Waals surface area contributed by atoms with Crippen molar-refractivity contribution in [3.63, 3.8) is 0 Å². The van der Waals surface area contributed by atoms with Gasteiger partial charge in [-0.2, -0.15) is 5.26 Å². The average Bonchev–Trinajstić information content (AvgIpc) is 2.44. The van der Waals surface area contributed by atoms with Crippen LogP contribution in [-0.4, -0.2) is 35.0 Å². The normalized spacial score (nSPS) is 32.1. The van der Waals surface area contributed by atoms with Crippen LogP contribution in [0.3, 0.4) is 0 Å². The van der Waals surface area contributed by atoms with Gasteiger partial charge in [0.15, 0.2) is 5.78 Å². The summed E-state index contributed by atoms with van der Waals surface area (Å²) in [4.78, 5) is 26.5. The van der Waals surface area contributed by atoms with Crippen molar-refractivity contribution in [2.24, 2.45) is 11.3 Å². The number of fused-ring (bicyclic) bond motifs is 1. The first-order chi connectivity index (χ1) is 10.2. The lowest BCUT2D eigenvalue weighted by Gasteiger charge is -2.53. The molecule has 1 aliphatic carbocycles. The lowest BCUT2D eigenvalue weighted by molar-refractivity contribution is -0.135. The van der Waals surface area contributed by atoms with E-state index in [4.69, 9.17) is 4.74 Å². The molecule has 1 saturated heterocycles. The van der Waals surface area contributed by atoms with Gasteiger partial charge in [-0.15, -0.1) is 0 Å². The Hall–Kier alpha value is -1.57. The number of likely N-dealkylation sites (tertiary alicyclic amines) is 1. The van der Waals surface area contributed by atoms with Crippen molar-refractivity contribution < 1.29 is 14.3 Å². The standard InChI is InChI=1S/C17H26N2O3/c1-5-17-9-6-10-19(15(21)22-16(2,3)4)14(17)8-7-13(20)12(17)11-18/h12,14H,5-10H2,1-4H3/t12-,14?,17+/m1/s1. The molecule has 0 radical (unpaired) electrons. The zero-order valence-corrected chi connectivity index (χ0v) is 14.0. The van der Waals surface area contributed by atoms with E-state index in [2.05, 4.69) is 6.07 Å². The number of Topliss-reactive ketones (excluding diaryl/α,β-unsaturated/α-hetero) is 1. The summed E-state index contributed by atoms with van der Waals surface area (Å²) in [5.74, 6) is -0.562. The zero-order valence-electron chi connectivity index (χ0n) is 14.0. The first-order valence-electron chi connectivity index (χ1n) is 8.17. The summed E-state index contributed by atoms with van der Waals surface area (Å²) < 4.78 is 5.53. The largest absolute Gasteiger partial charge is 0.444 e. The Kier molecular flexibility index (Phi) is 4.51. The van der Waals surface area contributed by atoms with E-state index in [-0.39, 0.29) is 17.9 Å². The minimum absolute atomic E-state index is 0.0339. The van der Waals surface area contributed by atoms with Crippen molar-refractivity contribution in [1.29, 1.82) is 5.26 Å². The van der Waals surface area contributed by atoms with Gasteiger partial charge >= 0.3 is 6.09 Å². The SMILES string of the molecule is CC[C@@]12CCCN(C(=O)OC(C)(C)C)C1CCC(=O)[C@H]2C#N. The third-order valence-electron chi connectivity index (χ3n) is 5.06. The van der Waals surface area contributed by atoms with Crippen LogP contribution in [0.15, 0.2) is 0 Å². The smallest absolute Gasteiger partial charge is 0.410 e. The Morgan fingerprint density at radius 2 is 2.18 bits per heavy atom. The van der Waals surface area contributed by atoms with Crippen LogP contribution in [0, 0.1) is 22.7 Å². The fraction of sp³-hybridized carbons (Fsp3) is 0.824. The molecule has 0 aromatic carbocycles. The van der Waals surface area contributed by atoms with Crippen molar-refractivity contribution in [3.8, 4) is 6.07 Å². The van der Waals surface area contributed by atoms with E-state index in [1.165, 1.54) is 0 Å². The van der Waals surface area contributed by atoms with Crippen molar-refractivity contribution >= 4 is 11.9 Å². The zero-order chi connectivity index (χ0) is 16.5. The van der Waals surface area contributed by atoms with E-state index in [1.54, 1.807) is 4.90 Å². The molecule has 2 rings (SSSR count). The van der Waals surface area contributed by atoms with E-state index in [1.807, 2.05) is 27.7 Å². The van der Waals surface area contributed by atoms with Gasteiger partial charge in [0.1, 0.15) is 11.5 Å². The quantitative estimate of drug-likeness (QED) is 0.745. The Balaban J connectivity index is 2.31. The number of nitriles is 1. The Bertz CT molecular complexity index is 503. The maximum atomic E-state index is 12.5. The Morgan fingerprint density at radius 1 is 1.50 bits per heavy atom. The first-order valence-corrected chi connectivity index (χ1v) is 8.17. The highest BCUT2D eigenvalue weighted by molar-refractivity contribution is 5.85. The molecule has 5 heteroatoms. The van der Waals surface area contributed by atoms with Crippen LogP contribution in [0.1, 0.15) is 59.8 Å². The fourth-order valence-electron chi connectivity index (χ4n) is 4.09. The third kappa shape index (κ3) is 2.84. The molecule has 22 heavy (non-hydrogen) atoms. The molecule has 3 atom stereocenters. The highest BCUT2D eigenvalue weighted by Crippen LogP contribution is 2.50. The summed E-state index contributed by atoms with van der Waals surface area (Å²) in [5, 5.41) is 9.50. The number of piperidine rings is 1. The monoisotopic (exact) mass is 306 g/mol. The molecule has 0 aromatic heterocycles. The molecule has 1 saturated carbocycles. The number of hydrogen-bond donors (Lipinski definition) is 0. The molecular weight excluding hydrogens is 280 g/mol. The lowest BCUT2D eigenvalue weighted by Crippen LogP contribution is -2.61. The van der Waals surface area contributed by atoms with E-state index in [0.717, 1.165) is 19.3 Å². The fourth-order valence-corrected chi connectivity index (χ4v) is 4.09. The molecule has 2 aliphatic rings. The Morgan fingerprint density at radius 3 is 2.73 bits per heavy atom. The van der Waals surface area contributed by atoms with Gasteiger partial charge in [-0.3, -0.25) is 4.79 Å². The summed E-state index contributed by atoms with van der Waals surface area (Å²) >= 11 is 0. The summed E-state index contributed by atoms with van der Waals surface area (Å²) in [6, 6.07) is 2.16. The van der Waals surface area contributed by atoms with Crippen LogP contribution in [0.5, 0.6) is 0 Å². The predicted octanol–water partition coefficient (Wildman–Crippen LogP) is 3.28. The summed E-state index contributed by atoms with van der Waals surface area (Å²) in [7, 11) is 0. The number of hydrogen-bond acceptors (Lipinski definition) is 4. The molecular formula is C17H26N2O3. The molecule has 0 spiro atoms. The van der Waals surface area contributed by atoms with Crippen LogP contribution >= 0.6 is 0 Å². The van der Waals surface area contributed by atoms with Gasteiger partial charge in [0, 0.05) is 24.4 Å². The second kappa shape index (κ2) is 5.91. The third-order valence-corrected chi connectivity index (χ3v) is 5.06. The number of amides is 1. The number of carbonyl (C=O) groups is 2. The summed E-state index contributed by atoms with van der Waals surface area (Å²) in [6.45, 7) is 8.22. The average molecular weight is 306 g/mol. The first kappa shape index (κ1) is 16.8. The Labute approximate surface area is 132 Å². The van der Waals surface area contributed by atoms with E-state index in [9.17, 15) is 14.9 Å². The number of carbonyl (C=O) groups excluding carboxylic acids is 2. The number of rotatable bonds is 1. The number of ketones is 1. The van der Waals surface area contributed by atoms with Crippen LogP contribution < -0.4 is 0 Å². The molecule has 1 aliphatic heterocycles. The summed E-state index contributed by atoms with van der Waals surface area (Å²) in [6.07, 6.45) is 3.09. The highest BCUT2D eigenvalue weighted by atomic mass is 16.6. The lowest BCUT2D eigenvalue weighted by atomic mass is 9.58. The minimum Gasteiger partial charge on any atom is -0.444 e. The van der Waals surface area contributed by atoms with Crippen LogP contribution in [0.25, 0.3) is 0 Å². The predicted molar refractivity (Wildman–Crippen MR) is 82.0 cm³/mol. The molecule has 0 bridgehead atoms. The van der Waals surface area contributed by atoms with Crippen LogP contribution in [0.4, 0.5) is 4.79 Å². The molecule has 1 heterocycles. The van der Waals surface area contributed by atoms with Gasteiger partial charge in [0.05, 0.1) is 6.07 Å². The van der Waals surface area contributed by atoms with Gasteiger partial charge < -0.3 is 9.64 Å². The van der Waals surface area contributed by atoms with Gasteiger partial charge in [-0.1, -0.05) is 6.92 Å². The van der Waals surface area contributed by atoms with Crippen LogP contribution in [0.2, 0.25) is 0 Å². The topological polar surface area (TPSA) is 70.4 Å². The summed E-state index contributed by atoms with van der Waals surface area (Å²) in [5.41, 5.74) is -0.943. The van der Waals surface area contributed by atoms with Crippen LogP contribution in [-0.2, 0) is 9.53 Å². The van der Waals surface area contributed by atoms with Gasteiger partial charge in [-0.05, 0) is 46.5 Å². The second-order valence-corrected chi connectivity index (χ2v) is 7.45. The number of nitrogens with zero attached hydrogens (tertiary/aromatic N) is 2. The second-order valence-electron chi connectivity index (χ2n) is 7.45. The molecule has 0 aromatic rings. The van der Waals surface area contributed by atoms with Gasteiger partial charge in [-0.25, -0.2) is 4.79 Å².